The SMILES string of the molecule is CCCCCC(=O)C[C@H]1CSCc2cc(CSCCCC(=O)CCOCCOCCOCCOCCOCCOCCNC(=O)[C@H](CO)CC(=O)[C@H](CO)NC(=O)[C@H](CO)CC(=O)CS)cc(c2)CSC[C@@H](C(=O)O)CC(=O)[C@H](Cc2ccccc2)NC(=O)[C@H](CCC(N)=O)NC(=O)[C@H]([C@@H](C)O)NC(=O)[C@@H]2CCCN2C(=O)[C@@H]2CCCN2C1=O. The molecule has 0 spiro atoms. The van der Waals surface area contributed by atoms with Crippen molar-refractivity contribution in [3.8, 4) is 0 Å². The summed E-state index contributed by atoms with van der Waals surface area (Å²) in [6.07, 6.45) is 1.57. The molecule has 3 aliphatic rings. The molecule has 0 radical (unpaired) electrons. The van der Waals surface area contributed by atoms with Gasteiger partial charge < -0.3 is 96.1 Å². The Morgan fingerprint density at radius 3 is 1.77 bits per heavy atom. The number of primary amides is 1. The van der Waals surface area contributed by atoms with Crippen LogP contribution in [0.4, 0.5) is 0 Å². The maximum atomic E-state index is 14.9. The highest BCUT2D eigenvalue weighted by Crippen LogP contribution is 2.31. The molecule has 33 nitrogen and oxygen atoms in total. The van der Waals surface area contributed by atoms with Gasteiger partial charge >= 0.3 is 5.97 Å². The largest absolute Gasteiger partial charge is 0.481 e. The predicted molar refractivity (Wildman–Crippen MR) is 449 cm³/mol. The van der Waals surface area contributed by atoms with Crippen LogP contribution in [0.2, 0.25) is 0 Å². The van der Waals surface area contributed by atoms with Gasteiger partial charge in [0.1, 0.15) is 47.6 Å². The van der Waals surface area contributed by atoms with E-state index in [-0.39, 0.29) is 126 Å². The van der Waals surface area contributed by atoms with E-state index < -0.39 is 170 Å². The highest BCUT2D eigenvalue weighted by atomic mass is 32.2. The molecule has 0 unspecified atom stereocenters. The number of ether oxygens (including phenoxy) is 6. The van der Waals surface area contributed by atoms with Gasteiger partial charge in [0.25, 0.3) is 0 Å². The lowest BCUT2D eigenvalue weighted by molar-refractivity contribution is -0.148. The maximum Gasteiger partial charge on any atom is 0.307 e. The Bertz CT molecular complexity index is 3540. The zero-order valence-electron chi connectivity index (χ0n) is 68.4. The molecule has 0 saturated carbocycles. The highest BCUT2D eigenvalue weighted by molar-refractivity contribution is 7.99. The second-order valence-corrected chi connectivity index (χ2v) is 33.2. The Hall–Kier alpha value is -6.98. The monoisotopic (exact) mass is 1750 g/mol. The molecule has 37 heteroatoms. The average molecular weight is 1750 g/mol. The Labute approximate surface area is 714 Å². The minimum absolute atomic E-state index is 0.00927. The molecule has 11 atom stereocenters. The number of fused-ring (bicyclic) bond motifs is 4. The molecule has 3 heterocycles. The fourth-order valence-corrected chi connectivity index (χ4v) is 16.7. The Morgan fingerprint density at radius 2 is 1.19 bits per heavy atom. The number of nitrogens with one attached hydrogen (secondary N) is 5. The summed E-state index contributed by atoms with van der Waals surface area (Å²) in [6, 6.07) is 6.77. The number of rotatable bonds is 52. The molecule has 2 saturated heterocycles. The van der Waals surface area contributed by atoms with Gasteiger partial charge in [0.2, 0.25) is 47.3 Å². The Morgan fingerprint density at radius 1 is 0.622 bits per heavy atom. The van der Waals surface area contributed by atoms with Crippen molar-refractivity contribution in [2.45, 2.75) is 189 Å². The molecule has 2 bridgehead atoms. The van der Waals surface area contributed by atoms with Crippen LogP contribution >= 0.6 is 47.9 Å². The standard InChI is InChI=1S/C82H124N8O25S4/c1-3-4-6-14-64(96)42-61-52-118-50-57-37-56(49-117-36-11-15-63(95)20-24-110-26-28-112-30-32-114-34-35-115-33-31-113-29-27-111-25-21-84-75(101)60(46-92)43-72(99)68(47-93)87-76(102)59(45-91)41-65(97)48-116)38-58(39-57)51-119-53-62(82(108)109)44-71(98)67(40-55-12-7-5-8-13-55)86-77(103)66(18-19-73(83)100)85-79(105)74(54(2)94)88-78(104)69-16-9-22-89(69)81(107)70-17-10-23-90(70)80(61)106/h5,7-8,12-13,37-39,54,59-62,66-70,74,91-94,116H,3-4,6,9-11,14-36,40-53H2,1-2H3,(H2,83,100)(H,84,101)(H,85,105)(H,86,103)(H,87,102)(H,88,104)(H,108,109)/t54-,59+,60+,61+,62+,66+,67+,68+,69+,70+,74+/m1/s1. The molecule has 0 aromatic heterocycles. The van der Waals surface area contributed by atoms with Crippen molar-refractivity contribution >= 4 is 130 Å². The average Bonchev–Trinajstić information content (AvgIpc) is 1.68. The van der Waals surface area contributed by atoms with Crippen LogP contribution in [0.5, 0.6) is 0 Å². The highest BCUT2D eigenvalue weighted by Gasteiger charge is 2.45. The van der Waals surface area contributed by atoms with Crippen LogP contribution in [0.15, 0.2) is 48.5 Å². The van der Waals surface area contributed by atoms with Crippen molar-refractivity contribution in [2.24, 2.45) is 29.4 Å². The van der Waals surface area contributed by atoms with E-state index in [0.717, 1.165) is 29.5 Å². The second kappa shape index (κ2) is 58.9. The van der Waals surface area contributed by atoms with E-state index in [4.69, 9.17) is 34.2 Å². The summed E-state index contributed by atoms with van der Waals surface area (Å²) in [6.45, 7) is 4.91. The van der Waals surface area contributed by atoms with Crippen LogP contribution in [-0.4, -0.2) is 302 Å². The minimum atomic E-state index is -1.69. The lowest BCUT2D eigenvalue weighted by Gasteiger charge is -2.33. The van der Waals surface area contributed by atoms with Gasteiger partial charge in [-0.1, -0.05) is 68.3 Å². The first-order valence-electron chi connectivity index (χ1n) is 41.0. The Balaban J connectivity index is 1.09. The van der Waals surface area contributed by atoms with E-state index in [2.05, 4.69) is 45.3 Å². The number of aliphatic hydroxyl groups excluding tert-OH is 4. The summed E-state index contributed by atoms with van der Waals surface area (Å²) in [5, 5.41) is 63.3. The van der Waals surface area contributed by atoms with Crippen LogP contribution in [0.25, 0.3) is 0 Å². The summed E-state index contributed by atoms with van der Waals surface area (Å²) in [5.74, 6) is -11.0. The number of Topliss-reactive ketones (excluding diaryl/α,β-unsaturated/α-hetero) is 5. The summed E-state index contributed by atoms with van der Waals surface area (Å²) in [4.78, 5) is 191. The normalized spacial score (nSPS) is 20.5. The van der Waals surface area contributed by atoms with E-state index in [1.54, 1.807) is 42.1 Å². The summed E-state index contributed by atoms with van der Waals surface area (Å²) in [5.41, 5.74) is 8.88. The van der Waals surface area contributed by atoms with Crippen molar-refractivity contribution in [1.82, 2.24) is 36.4 Å². The van der Waals surface area contributed by atoms with E-state index in [9.17, 15) is 92.7 Å². The van der Waals surface area contributed by atoms with Gasteiger partial charge in [-0.25, -0.2) is 0 Å². The molecule has 2 fully saturated rings. The first kappa shape index (κ1) is 103. The third kappa shape index (κ3) is 39.4. The first-order valence-corrected chi connectivity index (χ1v) is 45.1. The molecule has 8 amide bonds. The molecular formula is C82H124N8O25S4. The number of aliphatic carboxylic acids is 1. The van der Waals surface area contributed by atoms with Crippen molar-refractivity contribution < 1.29 is 121 Å². The number of benzene rings is 2. The molecule has 666 valence electrons. The summed E-state index contributed by atoms with van der Waals surface area (Å²) in [7, 11) is 0. The number of thiol groups is 1. The van der Waals surface area contributed by atoms with Crippen molar-refractivity contribution in [3.63, 3.8) is 0 Å². The number of nitrogens with zero attached hydrogens (tertiary/aromatic N) is 2. The number of carbonyl (C=O) groups is 14. The van der Waals surface area contributed by atoms with Gasteiger partial charge in [-0.05, 0) is 86.3 Å². The molecule has 119 heavy (non-hydrogen) atoms. The molecular weight excluding hydrogens is 1630 g/mol. The lowest BCUT2D eigenvalue weighted by Crippen LogP contribution is -2.61. The van der Waals surface area contributed by atoms with Gasteiger partial charge in [0, 0.05) is 106 Å². The van der Waals surface area contributed by atoms with Gasteiger partial charge in [-0.15, -0.1) is 0 Å². The molecule has 5 rings (SSSR count). The second-order valence-electron chi connectivity index (χ2n) is 29.7. The van der Waals surface area contributed by atoms with Crippen LogP contribution in [0.1, 0.15) is 145 Å². The maximum absolute atomic E-state index is 14.9. The number of ketones is 5. The van der Waals surface area contributed by atoms with Crippen LogP contribution in [-0.2, 0) is 119 Å². The van der Waals surface area contributed by atoms with Crippen molar-refractivity contribution in [1.29, 1.82) is 0 Å². The number of unbranched alkanes of at least 4 members (excludes halogenated alkanes) is 2. The molecule has 2 aromatic rings. The lowest BCUT2D eigenvalue weighted by atomic mass is 9.95. The molecule has 3 aliphatic heterocycles. The van der Waals surface area contributed by atoms with E-state index in [1.807, 2.05) is 19.1 Å². The summed E-state index contributed by atoms with van der Waals surface area (Å²) < 4.78 is 33.3. The summed E-state index contributed by atoms with van der Waals surface area (Å²) >= 11 is 8.28. The number of hydrogen-bond acceptors (Lipinski definition) is 28. The van der Waals surface area contributed by atoms with Crippen LogP contribution in [0, 0.1) is 23.7 Å². The van der Waals surface area contributed by atoms with E-state index in [1.165, 1.54) is 40.2 Å². The smallest absolute Gasteiger partial charge is 0.307 e. The zero-order chi connectivity index (χ0) is 86.9. The van der Waals surface area contributed by atoms with Gasteiger partial charge in [0.15, 0.2) is 11.6 Å². The number of carbonyl (C=O) groups excluding carboxylic acids is 13. The number of carboxylic acids is 1. The first-order chi connectivity index (χ1) is 57.3. The van der Waals surface area contributed by atoms with Crippen molar-refractivity contribution in [3.05, 3.63) is 70.8 Å². The number of carboxylic acid groups (broad SMARTS) is 1. The van der Waals surface area contributed by atoms with Gasteiger partial charge in [-0.3, -0.25) is 67.1 Å². The molecule has 0 aliphatic carbocycles. The molecule has 12 N–H and O–H groups in total. The fourth-order valence-electron chi connectivity index (χ4n) is 13.5. The van der Waals surface area contributed by atoms with Crippen LogP contribution < -0.4 is 32.3 Å². The van der Waals surface area contributed by atoms with Gasteiger partial charge in [0.05, 0.1) is 135 Å². The van der Waals surface area contributed by atoms with Crippen molar-refractivity contribution in [2.75, 3.05) is 142 Å². The minimum Gasteiger partial charge on any atom is -0.481 e. The third-order valence-corrected chi connectivity index (χ3v) is 23.9. The number of hydrogen-bond donors (Lipinski definition) is 12. The predicted octanol–water partition coefficient (Wildman–Crippen LogP) is 2.04. The van der Waals surface area contributed by atoms with E-state index >= 15 is 0 Å². The fraction of sp³-hybridized carbons (Fsp3) is 0.683. The van der Waals surface area contributed by atoms with Crippen LogP contribution in [0.3, 0.4) is 0 Å². The molecule has 2 aromatic carbocycles. The topological polar surface area (TPSA) is 488 Å². The van der Waals surface area contributed by atoms with Gasteiger partial charge in [-0.2, -0.15) is 47.9 Å². The number of nitrogens with two attached hydrogens (primary N) is 1. The number of thioether (sulfide) groups is 3. The quantitative estimate of drug-likeness (QED) is 0.0333. The third-order valence-electron chi connectivity index (χ3n) is 20.1. The number of aliphatic hydroxyl groups is 4. The zero-order valence-corrected chi connectivity index (χ0v) is 71.8. The number of amides is 8. The Kier molecular flexibility index (Phi) is 50.8. The van der Waals surface area contributed by atoms with E-state index in [0.29, 0.717) is 120 Å².